The molecule has 0 radical (unpaired) electrons. The Bertz CT molecular complexity index is 1490. The third kappa shape index (κ3) is 3.73. The molecular formula is C33H32N2O4. The van der Waals surface area contributed by atoms with Gasteiger partial charge < -0.3 is 15.0 Å². The second kappa shape index (κ2) is 9.53. The molecule has 39 heavy (non-hydrogen) atoms. The molecule has 6 rings (SSSR count). The summed E-state index contributed by atoms with van der Waals surface area (Å²) >= 11 is 0. The third-order valence-corrected chi connectivity index (χ3v) is 8.23. The average molecular weight is 521 g/mol. The fraction of sp³-hybridized carbons (Fsp3) is 0.303. The van der Waals surface area contributed by atoms with Gasteiger partial charge in [-0.05, 0) is 48.1 Å². The molecule has 3 aliphatic rings. The number of anilines is 2. The molecule has 4 atom stereocenters. The minimum absolute atomic E-state index is 0.173. The minimum Gasteiger partial charge on any atom is -0.464 e. The smallest absolute Gasteiger partial charge is 0.329 e. The lowest BCUT2D eigenvalue weighted by atomic mass is 9.64. The molecule has 1 N–H and O–H groups in total. The number of Topliss-reactive ketones (excluding diaryl/α,β-unsaturated/α-hetero) is 1. The molecule has 0 aromatic heterocycles. The second-order valence-electron chi connectivity index (χ2n) is 11.0. The van der Waals surface area contributed by atoms with Crippen molar-refractivity contribution < 1.29 is 19.1 Å². The molecule has 6 heteroatoms. The van der Waals surface area contributed by atoms with Gasteiger partial charge in [0.2, 0.25) is 5.91 Å². The number of para-hydroxylation sites is 2. The minimum atomic E-state index is -1.31. The lowest BCUT2D eigenvalue weighted by molar-refractivity contribution is -0.145. The first-order chi connectivity index (χ1) is 18.9. The molecule has 3 aromatic rings. The standard InChI is InChI=1S/C33H32N2O4/c1-4-39-31(37)29-28(30(36)23-15-13-21(14-16-23)19-20(2)3)33(24-10-6-7-11-25(24)34-32(33)38)27-18-17-22-9-5-8-12-26(22)35(27)29/h5-18,20,27-29H,4,19H2,1-3H3,(H,34,38)/t27-,28-,29-,33+/m1/s1. The number of esters is 1. The van der Waals surface area contributed by atoms with Crippen LogP contribution >= 0.6 is 0 Å². The van der Waals surface area contributed by atoms with E-state index in [4.69, 9.17) is 4.74 Å². The van der Waals surface area contributed by atoms with Crippen LogP contribution < -0.4 is 10.2 Å². The predicted octanol–water partition coefficient (Wildman–Crippen LogP) is 5.42. The van der Waals surface area contributed by atoms with Crippen LogP contribution in [0.3, 0.4) is 0 Å². The number of carbonyl (C=O) groups is 3. The number of rotatable bonds is 6. The second-order valence-corrected chi connectivity index (χ2v) is 11.0. The van der Waals surface area contributed by atoms with Gasteiger partial charge in [-0.1, -0.05) is 86.7 Å². The Balaban J connectivity index is 1.58. The van der Waals surface area contributed by atoms with Crippen LogP contribution in [0.25, 0.3) is 6.08 Å². The summed E-state index contributed by atoms with van der Waals surface area (Å²) in [6.45, 7) is 6.24. The zero-order valence-electron chi connectivity index (χ0n) is 22.4. The van der Waals surface area contributed by atoms with E-state index in [2.05, 4.69) is 19.2 Å². The molecule has 198 valence electrons. The molecule has 1 spiro atoms. The number of ketones is 1. The van der Waals surface area contributed by atoms with Crippen LogP contribution in [0.2, 0.25) is 0 Å². The summed E-state index contributed by atoms with van der Waals surface area (Å²) < 4.78 is 5.61. The maximum Gasteiger partial charge on any atom is 0.329 e. The van der Waals surface area contributed by atoms with E-state index in [1.807, 2.05) is 89.8 Å². The molecule has 1 fully saturated rings. The summed E-state index contributed by atoms with van der Waals surface area (Å²) in [5, 5.41) is 3.04. The van der Waals surface area contributed by atoms with Gasteiger partial charge in [0.1, 0.15) is 11.5 Å². The first-order valence-corrected chi connectivity index (χ1v) is 13.6. The number of benzene rings is 3. The summed E-state index contributed by atoms with van der Waals surface area (Å²) in [5.41, 5.74) is 3.45. The van der Waals surface area contributed by atoms with Gasteiger partial charge in [-0.2, -0.15) is 0 Å². The van der Waals surface area contributed by atoms with Crippen molar-refractivity contribution in [2.45, 2.75) is 44.7 Å². The first kappa shape index (κ1) is 25.1. The maximum atomic E-state index is 14.6. The highest BCUT2D eigenvalue weighted by molar-refractivity contribution is 6.16. The predicted molar refractivity (Wildman–Crippen MR) is 152 cm³/mol. The molecule has 1 amide bonds. The number of nitrogens with zero attached hydrogens (tertiary/aromatic N) is 1. The third-order valence-electron chi connectivity index (χ3n) is 8.23. The van der Waals surface area contributed by atoms with Crippen LogP contribution in [0.1, 0.15) is 47.8 Å². The van der Waals surface area contributed by atoms with Crippen LogP contribution in [0.4, 0.5) is 11.4 Å². The van der Waals surface area contributed by atoms with Gasteiger partial charge in [0.15, 0.2) is 5.78 Å². The molecular weight excluding hydrogens is 488 g/mol. The summed E-state index contributed by atoms with van der Waals surface area (Å²) in [4.78, 5) is 44.6. The van der Waals surface area contributed by atoms with Gasteiger partial charge in [-0.25, -0.2) is 4.79 Å². The van der Waals surface area contributed by atoms with E-state index >= 15 is 0 Å². The van der Waals surface area contributed by atoms with E-state index in [9.17, 15) is 14.4 Å². The zero-order valence-corrected chi connectivity index (χ0v) is 22.4. The molecule has 1 saturated heterocycles. The summed E-state index contributed by atoms with van der Waals surface area (Å²) in [7, 11) is 0. The van der Waals surface area contributed by atoms with Crippen molar-refractivity contribution in [3.8, 4) is 0 Å². The molecule has 0 unspecified atom stereocenters. The Kier molecular flexibility index (Phi) is 6.13. The SMILES string of the molecule is CCOC(=O)[C@H]1[C@H](C(=O)c2ccc(CC(C)C)cc2)[C@@]2(C(=O)Nc3ccccc32)[C@H]2C=Cc3ccccc3N12. The van der Waals surface area contributed by atoms with E-state index in [-0.39, 0.29) is 18.3 Å². The van der Waals surface area contributed by atoms with Crippen LogP contribution in [0, 0.1) is 11.8 Å². The summed E-state index contributed by atoms with van der Waals surface area (Å²) in [5.74, 6) is -1.53. The molecule has 0 aliphatic carbocycles. The Morgan fingerprint density at radius 3 is 2.46 bits per heavy atom. The number of nitrogens with one attached hydrogen (secondary N) is 1. The molecule has 6 nitrogen and oxygen atoms in total. The summed E-state index contributed by atoms with van der Waals surface area (Å²) in [6, 6.07) is 21.3. The highest BCUT2D eigenvalue weighted by atomic mass is 16.5. The maximum absolute atomic E-state index is 14.6. The van der Waals surface area contributed by atoms with Gasteiger partial charge in [0.05, 0.1) is 18.6 Å². The lowest BCUT2D eigenvalue weighted by Gasteiger charge is -2.37. The van der Waals surface area contributed by atoms with Crippen molar-refractivity contribution in [1.29, 1.82) is 0 Å². The van der Waals surface area contributed by atoms with Gasteiger partial charge in [-0.3, -0.25) is 9.59 Å². The highest BCUT2D eigenvalue weighted by Gasteiger charge is 2.70. The van der Waals surface area contributed by atoms with E-state index in [0.717, 1.165) is 28.8 Å². The van der Waals surface area contributed by atoms with Crippen molar-refractivity contribution in [1.82, 2.24) is 0 Å². The van der Waals surface area contributed by atoms with E-state index in [0.29, 0.717) is 17.2 Å². The van der Waals surface area contributed by atoms with E-state index < -0.39 is 29.4 Å². The molecule has 0 saturated carbocycles. The molecule has 3 aliphatic heterocycles. The molecule has 0 bridgehead atoms. The van der Waals surface area contributed by atoms with Crippen LogP contribution in [0.5, 0.6) is 0 Å². The number of hydrogen-bond donors (Lipinski definition) is 1. The fourth-order valence-electron chi connectivity index (χ4n) is 6.78. The van der Waals surface area contributed by atoms with Crippen molar-refractivity contribution in [2.75, 3.05) is 16.8 Å². The Morgan fingerprint density at radius 1 is 1.00 bits per heavy atom. The van der Waals surface area contributed by atoms with Crippen LogP contribution in [-0.2, 0) is 26.2 Å². The van der Waals surface area contributed by atoms with Gasteiger partial charge in [0, 0.05) is 16.9 Å². The van der Waals surface area contributed by atoms with Gasteiger partial charge in [-0.15, -0.1) is 0 Å². The number of fused-ring (bicyclic) bond motifs is 6. The fourth-order valence-corrected chi connectivity index (χ4v) is 6.78. The van der Waals surface area contributed by atoms with E-state index in [1.165, 1.54) is 0 Å². The number of ether oxygens (including phenoxy) is 1. The van der Waals surface area contributed by atoms with Crippen LogP contribution in [0.15, 0.2) is 78.9 Å². The van der Waals surface area contributed by atoms with Crippen molar-refractivity contribution in [3.05, 3.63) is 101 Å². The molecule has 3 aromatic carbocycles. The Morgan fingerprint density at radius 2 is 1.72 bits per heavy atom. The highest BCUT2D eigenvalue weighted by Crippen LogP contribution is 2.57. The quantitative estimate of drug-likeness (QED) is 0.347. The number of hydrogen-bond acceptors (Lipinski definition) is 5. The Hall–Kier alpha value is -4.19. The zero-order chi connectivity index (χ0) is 27.3. The van der Waals surface area contributed by atoms with Crippen molar-refractivity contribution in [2.24, 2.45) is 11.8 Å². The van der Waals surface area contributed by atoms with E-state index in [1.54, 1.807) is 6.92 Å². The largest absolute Gasteiger partial charge is 0.464 e. The number of carbonyl (C=O) groups excluding carboxylic acids is 3. The topological polar surface area (TPSA) is 75.7 Å². The normalized spacial score (nSPS) is 24.4. The molecule has 3 heterocycles. The monoisotopic (exact) mass is 520 g/mol. The van der Waals surface area contributed by atoms with Gasteiger partial charge >= 0.3 is 5.97 Å². The first-order valence-electron chi connectivity index (χ1n) is 13.6. The summed E-state index contributed by atoms with van der Waals surface area (Å²) in [6.07, 6.45) is 4.86. The van der Waals surface area contributed by atoms with Crippen LogP contribution in [-0.4, -0.2) is 36.4 Å². The van der Waals surface area contributed by atoms with Gasteiger partial charge in [0.25, 0.3) is 0 Å². The van der Waals surface area contributed by atoms with Crippen molar-refractivity contribution >= 4 is 35.1 Å². The average Bonchev–Trinajstić information content (AvgIpc) is 3.41. The Labute approximate surface area is 228 Å². The van der Waals surface area contributed by atoms with Crippen molar-refractivity contribution in [3.63, 3.8) is 0 Å². The lowest BCUT2D eigenvalue weighted by Crippen LogP contribution is -2.51. The number of amides is 1.